The Morgan fingerprint density at radius 2 is 1.73 bits per heavy atom. The molecule has 11 nitrogen and oxygen atoms in total. The van der Waals surface area contributed by atoms with Gasteiger partial charge in [0.05, 0.1) is 12.8 Å². The second kappa shape index (κ2) is 8.19. The van der Waals surface area contributed by atoms with Crippen molar-refractivity contribution in [2.24, 2.45) is 0 Å². The molecule has 0 saturated carbocycles. The molecule has 1 fully saturated rings. The van der Waals surface area contributed by atoms with Gasteiger partial charge in [0.2, 0.25) is 0 Å². The second-order valence-corrected chi connectivity index (χ2v) is 5.84. The van der Waals surface area contributed by atoms with Gasteiger partial charge in [0, 0.05) is 20.8 Å². The normalized spacial score (nSPS) is 25.2. The highest BCUT2D eigenvalue weighted by atomic mass is 32.1. The van der Waals surface area contributed by atoms with Gasteiger partial charge in [-0.2, -0.15) is 9.78 Å². The van der Waals surface area contributed by atoms with E-state index in [1.165, 1.54) is 13.1 Å². The predicted octanol–water partition coefficient (Wildman–Crippen LogP) is -0.375. The number of ether oxygens (including phenoxy) is 4. The molecule has 0 amide bonds. The van der Waals surface area contributed by atoms with Crippen LogP contribution in [0.15, 0.2) is 11.0 Å². The van der Waals surface area contributed by atoms with Crippen molar-refractivity contribution >= 4 is 30.1 Å². The smallest absolute Gasteiger partial charge is 0.345 e. The Kier molecular flexibility index (Phi) is 6.21. The topological polar surface area (TPSA) is 139 Å². The zero-order valence-electron chi connectivity index (χ0n) is 14.2. The van der Waals surface area contributed by atoms with Crippen molar-refractivity contribution in [1.29, 1.82) is 0 Å². The number of H-pyrrole nitrogens is 1. The zero-order valence-corrected chi connectivity index (χ0v) is 15.0. The fourth-order valence-electron chi connectivity index (χ4n) is 2.48. The van der Waals surface area contributed by atoms with Gasteiger partial charge in [0.15, 0.2) is 24.5 Å². The lowest BCUT2D eigenvalue weighted by Crippen LogP contribution is -2.57. The summed E-state index contributed by atoms with van der Waals surface area (Å²) < 4.78 is 22.0. The highest BCUT2D eigenvalue weighted by Crippen LogP contribution is 2.29. The van der Waals surface area contributed by atoms with E-state index in [-0.39, 0.29) is 11.2 Å². The quantitative estimate of drug-likeness (QED) is 0.413. The van der Waals surface area contributed by atoms with Crippen molar-refractivity contribution in [2.45, 2.75) is 45.3 Å². The Morgan fingerprint density at radius 3 is 2.27 bits per heavy atom. The first-order valence-electron chi connectivity index (χ1n) is 7.50. The molecule has 0 radical (unpaired) electrons. The maximum atomic E-state index is 12.1. The molecule has 1 aromatic rings. The number of carbonyl (C=O) groups is 3. The van der Waals surface area contributed by atoms with E-state index in [0.717, 1.165) is 18.5 Å². The van der Waals surface area contributed by atoms with Gasteiger partial charge in [-0.3, -0.25) is 19.4 Å². The molecule has 4 atom stereocenters. The van der Waals surface area contributed by atoms with Crippen LogP contribution in [-0.2, 0) is 33.3 Å². The summed E-state index contributed by atoms with van der Waals surface area (Å²) in [6, 6.07) is 0. The fraction of sp³-hybridized carbons (Fsp3) is 0.571. The van der Waals surface area contributed by atoms with Gasteiger partial charge in [0.25, 0.3) is 0 Å². The highest BCUT2D eigenvalue weighted by Gasteiger charge is 2.48. The molecule has 1 aliphatic heterocycles. The second-order valence-electron chi connectivity index (χ2n) is 5.40. The predicted molar refractivity (Wildman–Crippen MR) is 85.3 cm³/mol. The zero-order chi connectivity index (χ0) is 19.4. The van der Waals surface area contributed by atoms with E-state index in [2.05, 4.69) is 10.1 Å². The summed E-state index contributed by atoms with van der Waals surface area (Å²) in [5.41, 5.74) is -0.716. The van der Waals surface area contributed by atoms with Crippen LogP contribution in [0.4, 0.5) is 0 Å². The Morgan fingerprint density at radius 1 is 1.15 bits per heavy atom. The molecule has 1 N–H and O–H groups in total. The van der Waals surface area contributed by atoms with Crippen LogP contribution in [-0.4, -0.2) is 57.6 Å². The number of carbonyl (C=O) groups excluding carboxylic acids is 3. The van der Waals surface area contributed by atoms with E-state index >= 15 is 0 Å². The summed E-state index contributed by atoms with van der Waals surface area (Å²) >= 11 is 4.82. The first kappa shape index (κ1) is 19.7. The number of nitrogens with one attached hydrogen (secondary N) is 1. The van der Waals surface area contributed by atoms with Crippen LogP contribution < -0.4 is 5.69 Å². The van der Waals surface area contributed by atoms with Gasteiger partial charge in [-0.15, -0.1) is 0 Å². The standard InChI is InChI=1S/C14H17N3O8S/c1-6(18)23-9-5-22-13(17-14(21)16-10(26)4-15-17)12(25-8(3)20)11(9)24-7(2)19/h4,9,11-13H,5H2,1-3H3,(H,16,21,26)/t9-,11-,12+,13+/m1/s1. The molecule has 0 spiro atoms. The Labute approximate surface area is 152 Å². The third-order valence-corrected chi connectivity index (χ3v) is 3.51. The molecule has 1 aliphatic rings. The molecule has 1 aromatic heterocycles. The monoisotopic (exact) mass is 387 g/mol. The van der Waals surface area contributed by atoms with Crippen LogP contribution in [0.1, 0.15) is 27.0 Å². The van der Waals surface area contributed by atoms with Crippen LogP contribution in [0.25, 0.3) is 0 Å². The van der Waals surface area contributed by atoms with E-state index < -0.39 is 48.1 Å². The van der Waals surface area contributed by atoms with Crippen molar-refractivity contribution in [3.8, 4) is 0 Å². The number of aromatic nitrogens is 3. The van der Waals surface area contributed by atoms with Crippen LogP contribution >= 0.6 is 12.2 Å². The van der Waals surface area contributed by atoms with E-state index in [0.29, 0.717) is 0 Å². The average molecular weight is 387 g/mol. The van der Waals surface area contributed by atoms with Crippen LogP contribution in [0.2, 0.25) is 0 Å². The van der Waals surface area contributed by atoms with E-state index in [4.69, 9.17) is 31.2 Å². The van der Waals surface area contributed by atoms with Gasteiger partial charge in [0.1, 0.15) is 4.64 Å². The minimum atomic E-state index is -1.29. The summed E-state index contributed by atoms with van der Waals surface area (Å²) in [5, 5.41) is 3.86. The Bertz CT molecular complexity index is 819. The number of hydrogen-bond acceptors (Lipinski definition) is 10. The van der Waals surface area contributed by atoms with Crippen molar-refractivity contribution < 1.29 is 33.3 Å². The summed E-state index contributed by atoms with van der Waals surface area (Å²) in [4.78, 5) is 48.8. The van der Waals surface area contributed by atoms with Crippen molar-refractivity contribution in [2.75, 3.05) is 6.61 Å². The van der Waals surface area contributed by atoms with Gasteiger partial charge in [-0.25, -0.2) is 4.79 Å². The molecule has 1 saturated heterocycles. The third kappa shape index (κ3) is 4.73. The van der Waals surface area contributed by atoms with E-state index in [1.54, 1.807) is 0 Å². The van der Waals surface area contributed by atoms with E-state index in [1.807, 2.05) is 0 Å². The molecular formula is C14H17N3O8S. The molecule has 0 bridgehead atoms. The SMILES string of the molecule is CC(=O)O[C@H]1[C@H](OC(C)=O)[C@@H](n2ncc(=S)[nH]c2=O)OC[C@H]1OC(C)=O. The summed E-state index contributed by atoms with van der Waals surface area (Å²) in [5.74, 6) is -2.06. The number of hydrogen-bond donors (Lipinski definition) is 1. The summed E-state index contributed by atoms with van der Waals surface area (Å²) in [6.07, 6.45) is -3.55. The fourth-order valence-corrected chi connectivity index (χ4v) is 2.61. The summed E-state index contributed by atoms with van der Waals surface area (Å²) in [7, 11) is 0. The molecule has 0 aromatic carbocycles. The van der Waals surface area contributed by atoms with E-state index in [9.17, 15) is 19.2 Å². The van der Waals surface area contributed by atoms with Crippen molar-refractivity contribution in [3.05, 3.63) is 21.3 Å². The van der Waals surface area contributed by atoms with Crippen LogP contribution in [0.3, 0.4) is 0 Å². The van der Waals surface area contributed by atoms with Crippen LogP contribution in [0.5, 0.6) is 0 Å². The largest absolute Gasteiger partial charge is 0.456 e. The van der Waals surface area contributed by atoms with Crippen LogP contribution in [0, 0.1) is 4.64 Å². The molecular weight excluding hydrogens is 370 g/mol. The maximum absolute atomic E-state index is 12.1. The van der Waals surface area contributed by atoms with Gasteiger partial charge in [-0.05, 0) is 0 Å². The lowest BCUT2D eigenvalue weighted by atomic mass is 10.0. The first-order chi connectivity index (χ1) is 12.2. The highest BCUT2D eigenvalue weighted by molar-refractivity contribution is 7.71. The number of rotatable bonds is 4. The van der Waals surface area contributed by atoms with Gasteiger partial charge in [-0.1, -0.05) is 12.2 Å². The molecule has 12 heteroatoms. The molecule has 26 heavy (non-hydrogen) atoms. The number of esters is 3. The molecule has 2 heterocycles. The van der Waals surface area contributed by atoms with Crippen molar-refractivity contribution in [1.82, 2.24) is 14.8 Å². The molecule has 0 unspecified atom stereocenters. The Hall–Kier alpha value is -2.60. The molecule has 2 rings (SSSR count). The Balaban J connectivity index is 2.46. The third-order valence-electron chi connectivity index (χ3n) is 3.30. The molecule has 0 aliphatic carbocycles. The lowest BCUT2D eigenvalue weighted by Gasteiger charge is -2.40. The lowest BCUT2D eigenvalue weighted by molar-refractivity contribution is -0.242. The van der Waals surface area contributed by atoms with Crippen molar-refractivity contribution in [3.63, 3.8) is 0 Å². The number of aromatic amines is 1. The minimum Gasteiger partial charge on any atom is -0.456 e. The first-order valence-corrected chi connectivity index (χ1v) is 7.91. The summed E-state index contributed by atoms with van der Waals surface area (Å²) in [6.45, 7) is 3.22. The average Bonchev–Trinajstić information content (AvgIpc) is 2.50. The minimum absolute atomic E-state index is 0.0976. The molecule has 142 valence electrons. The van der Waals surface area contributed by atoms with Gasteiger partial charge < -0.3 is 18.9 Å². The number of nitrogens with zero attached hydrogens (tertiary/aromatic N) is 2. The van der Waals surface area contributed by atoms with Gasteiger partial charge >= 0.3 is 23.6 Å². The maximum Gasteiger partial charge on any atom is 0.345 e.